The van der Waals surface area contributed by atoms with Crippen LogP contribution in [0.4, 0.5) is 5.95 Å². The molecule has 0 amide bonds. The molecule has 116 valence electrons. The van der Waals surface area contributed by atoms with Crippen molar-refractivity contribution in [1.29, 1.82) is 0 Å². The van der Waals surface area contributed by atoms with Crippen LogP contribution >= 0.6 is 0 Å². The molecule has 0 fully saturated rings. The van der Waals surface area contributed by atoms with Gasteiger partial charge in [-0.3, -0.25) is 9.78 Å². The minimum atomic E-state index is -1.32. The van der Waals surface area contributed by atoms with E-state index in [1.807, 2.05) is 0 Å². The van der Waals surface area contributed by atoms with Crippen molar-refractivity contribution in [2.75, 3.05) is 18.9 Å². The van der Waals surface area contributed by atoms with E-state index in [1.165, 1.54) is 10.9 Å². The molecule has 0 aliphatic rings. The number of H-pyrrole nitrogens is 1. The number of nitrogens with one attached hydrogen (secondary N) is 1. The minimum Gasteiger partial charge on any atom is -0.394 e. The topological polar surface area (TPSA) is 171 Å². The summed E-state index contributed by atoms with van der Waals surface area (Å²) in [5, 5.41) is 37.4. The molecule has 0 bridgehead atoms. The van der Waals surface area contributed by atoms with Crippen molar-refractivity contribution in [1.82, 2.24) is 19.5 Å². The Bertz CT molecular complexity index is 669. The highest BCUT2D eigenvalue weighted by Gasteiger charge is 2.23. The van der Waals surface area contributed by atoms with Gasteiger partial charge < -0.3 is 30.7 Å². The fraction of sp³-hybridized carbons (Fsp3) is 0.545. The molecule has 2 heterocycles. The lowest BCUT2D eigenvalue weighted by molar-refractivity contribution is -0.0268. The van der Waals surface area contributed by atoms with Crippen molar-refractivity contribution in [3.8, 4) is 0 Å². The number of hydrogen-bond donors (Lipinski definition) is 6. The molecule has 0 aromatic carbocycles. The van der Waals surface area contributed by atoms with Crippen molar-refractivity contribution in [2.24, 2.45) is 0 Å². The second-order valence-corrected chi connectivity index (χ2v) is 4.66. The highest BCUT2D eigenvalue weighted by Crippen LogP contribution is 2.19. The fourth-order valence-corrected chi connectivity index (χ4v) is 2.04. The molecule has 3 atom stereocenters. The molecular weight excluding hydrogens is 282 g/mol. The lowest BCUT2D eigenvalue weighted by atomic mass is 10.1. The highest BCUT2D eigenvalue weighted by molar-refractivity contribution is 5.70. The molecule has 0 aliphatic heterocycles. The molecule has 0 aliphatic carbocycles. The van der Waals surface area contributed by atoms with E-state index in [-0.39, 0.29) is 30.1 Å². The van der Waals surface area contributed by atoms with E-state index in [0.29, 0.717) is 0 Å². The molecular formula is C11H17N5O5. The van der Waals surface area contributed by atoms with E-state index in [4.69, 9.17) is 10.8 Å². The maximum absolute atomic E-state index is 11.7. The zero-order chi connectivity index (χ0) is 15.6. The third kappa shape index (κ3) is 3.03. The average molecular weight is 299 g/mol. The molecule has 0 spiro atoms. The summed E-state index contributed by atoms with van der Waals surface area (Å²) < 4.78 is 1.40. The molecule has 10 heteroatoms. The molecule has 7 N–H and O–H groups in total. The van der Waals surface area contributed by atoms with Crippen LogP contribution in [-0.4, -0.2) is 65.4 Å². The zero-order valence-electron chi connectivity index (χ0n) is 11.0. The molecule has 2 aromatic rings. The summed E-state index contributed by atoms with van der Waals surface area (Å²) in [6.45, 7) is -0.982. The van der Waals surface area contributed by atoms with Gasteiger partial charge >= 0.3 is 0 Å². The first kappa shape index (κ1) is 15.4. The fourth-order valence-electron chi connectivity index (χ4n) is 2.04. The number of nitrogens with two attached hydrogens (primary N) is 1. The summed E-state index contributed by atoms with van der Waals surface area (Å²) in [6, 6.07) is -0.681. The molecule has 0 saturated heterocycles. The van der Waals surface area contributed by atoms with Crippen molar-refractivity contribution in [2.45, 2.75) is 24.7 Å². The van der Waals surface area contributed by atoms with E-state index in [2.05, 4.69) is 15.0 Å². The summed E-state index contributed by atoms with van der Waals surface area (Å²) >= 11 is 0. The van der Waals surface area contributed by atoms with Gasteiger partial charge in [0.05, 0.1) is 31.7 Å². The van der Waals surface area contributed by atoms with Crippen LogP contribution < -0.4 is 11.3 Å². The van der Waals surface area contributed by atoms with Crippen molar-refractivity contribution < 1.29 is 20.4 Å². The number of nitrogens with zero attached hydrogens (tertiary/aromatic N) is 3. The quantitative estimate of drug-likeness (QED) is 0.335. The van der Waals surface area contributed by atoms with E-state index in [9.17, 15) is 20.1 Å². The Labute approximate surface area is 118 Å². The van der Waals surface area contributed by atoms with Crippen LogP contribution in [-0.2, 0) is 0 Å². The summed E-state index contributed by atoms with van der Waals surface area (Å²) in [7, 11) is 0. The number of aliphatic hydroxyl groups excluding tert-OH is 4. The number of aromatic nitrogens is 4. The van der Waals surface area contributed by atoms with E-state index in [1.54, 1.807) is 0 Å². The van der Waals surface area contributed by atoms with Crippen LogP contribution in [0.1, 0.15) is 12.5 Å². The van der Waals surface area contributed by atoms with Crippen molar-refractivity contribution in [3.05, 3.63) is 16.7 Å². The lowest BCUT2D eigenvalue weighted by Crippen LogP contribution is -2.32. The molecule has 0 saturated carbocycles. The lowest BCUT2D eigenvalue weighted by Gasteiger charge is -2.22. The Morgan fingerprint density at radius 3 is 2.62 bits per heavy atom. The Balaban J connectivity index is 2.37. The molecule has 0 unspecified atom stereocenters. The van der Waals surface area contributed by atoms with E-state index < -0.39 is 30.4 Å². The minimum absolute atomic E-state index is 0.0554. The van der Waals surface area contributed by atoms with Crippen LogP contribution in [0.2, 0.25) is 0 Å². The monoisotopic (exact) mass is 299 g/mol. The molecule has 10 nitrogen and oxygen atoms in total. The number of rotatable bonds is 6. The predicted molar refractivity (Wildman–Crippen MR) is 72.4 cm³/mol. The van der Waals surface area contributed by atoms with Gasteiger partial charge in [-0.25, -0.2) is 4.98 Å². The Kier molecular flexibility index (Phi) is 4.53. The van der Waals surface area contributed by atoms with E-state index in [0.717, 1.165) is 0 Å². The van der Waals surface area contributed by atoms with Gasteiger partial charge in [-0.15, -0.1) is 0 Å². The standard InChI is InChI=1S/C11H17N5O5/c12-11-14-9-8(10(21)15-11)13-4-16(9)5(2-17)1-6(19)7(20)3-18/h4-7,17-20H,1-3H2,(H3,12,14,15,21)/t5-,6-,7+/m0/s1. The smallest absolute Gasteiger partial charge is 0.280 e. The number of nitrogen functional groups attached to an aromatic ring is 1. The molecule has 0 radical (unpaired) electrons. The van der Waals surface area contributed by atoms with Gasteiger partial charge in [0.25, 0.3) is 5.56 Å². The third-order valence-electron chi connectivity index (χ3n) is 3.20. The van der Waals surface area contributed by atoms with Crippen LogP contribution in [0.15, 0.2) is 11.1 Å². The SMILES string of the molecule is Nc1nc2c(ncn2[C@H](CO)C[C@H](O)[C@H](O)CO)c(=O)[nH]1. The number of aliphatic hydroxyl groups is 4. The average Bonchev–Trinajstić information content (AvgIpc) is 2.87. The predicted octanol–water partition coefficient (Wildman–Crippen LogP) is -2.66. The van der Waals surface area contributed by atoms with Gasteiger partial charge in [0.1, 0.15) is 6.10 Å². The van der Waals surface area contributed by atoms with Gasteiger partial charge in [0.15, 0.2) is 11.2 Å². The second-order valence-electron chi connectivity index (χ2n) is 4.66. The van der Waals surface area contributed by atoms with Crippen molar-refractivity contribution in [3.63, 3.8) is 0 Å². The van der Waals surface area contributed by atoms with Crippen LogP contribution in [0, 0.1) is 0 Å². The van der Waals surface area contributed by atoms with Gasteiger partial charge in [-0.1, -0.05) is 0 Å². The zero-order valence-corrected chi connectivity index (χ0v) is 11.0. The van der Waals surface area contributed by atoms with Crippen molar-refractivity contribution >= 4 is 17.1 Å². The largest absolute Gasteiger partial charge is 0.394 e. The summed E-state index contributed by atoms with van der Waals surface area (Å²) in [5.41, 5.74) is 5.19. The Morgan fingerprint density at radius 1 is 1.29 bits per heavy atom. The van der Waals surface area contributed by atoms with Crippen LogP contribution in [0.3, 0.4) is 0 Å². The maximum atomic E-state index is 11.7. The molecule has 21 heavy (non-hydrogen) atoms. The second kappa shape index (κ2) is 6.18. The van der Waals surface area contributed by atoms with Gasteiger partial charge in [0, 0.05) is 0 Å². The number of fused-ring (bicyclic) bond motifs is 1. The summed E-state index contributed by atoms with van der Waals surface area (Å²) in [4.78, 5) is 21.8. The number of hydrogen-bond acceptors (Lipinski definition) is 8. The van der Waals surface area contributed by atoms with Gasteiger partial charge in [-0.2, -0.15) is 4.98 Å². The van der Waals surface area contributed by atoms with Crippen LogP contribution in [0.5, 0.6) is 0 Å². The molecule has 2 rings (SSSR count). The van der Waals surface area contributed by atoms with Crippen LogP contribution in [0.25, 0.3) is 11.2 Å². The molecule has 2 aromatic heterocycles. The normalized spacial score (nSPS) is 16.0. The van der Waals surface area contributed by atoms with E-state index >= 15 is 0 Å². The number of anilines is 1. The first-order chi connectivity index (χ1) is 9.97. The van der Waals surface area contributed by atoms with Gasteiger partial charge in [-0.05, 0) is 6.42 Å². The highest BCUT2D eigenvalue weighted by atomic mass is 16.4. The maximum Gasteiger partial charge on any atom is 0.280 e. The first-order valence-corrected chi connectivity index (χ1v) is 6.28. The number of imidazole rings is 1. The summed E-state index contributed by atoms with van der Waals surface area (Å²) in [5.74, 6) is -0.0955. The Hall–Kier alpha value is -2.01. The Morgan fingerprint density at radius 2 is 2.00 bits per heavy atom. The van der Waals surface area contributed by atoms with Gasteiger partial charge in [0.2, 0.25) is 5.95 Å². The first-order valence-electron chi connectivity index (χ1n) is 6.28. The third-order valence-corrected chi connectivity index (χ3v) is 3.20. The summed E-state index contributed by atoms with van der Waals surface area (Å²) in [6.07, 6.45) is -1.33. The number of aromatic amines is 1.